The van der Waals surface area contributed by atoms with E-state index in [1.807, 2.05) is 24.3 Å². The molecule has 0 fully saturated rings. The molecule has 2 aliphatic heterocycles. The highest BCUT2D eigenvalue weighted by Gasteiger charge is 2.27. The first kappa shape index (κ1) is 14.2. The summed E-state index contributed by atoms with van der Waals surface area (Å²) >= 11 is 0. The molecule has 2 aliphatic rings. The number of rotatable bonds is 0. The lowest BCUT2D eigenvalue weighted by molar-refractivity contribution is 0.181. The van der Waals surface area contributed by atoms with Crippen LogP contribution in [0.2, 0.25) is 0 Å². The second kappa shape index (κ2) is 5.69. The number of benzene rings is 2. The van der Waals surface area contributed by atoms with Crippen molar-refractivity contribution in [3.05, 3.63) is 47.5 Å². The maximum Gasteiger partial charge on any atom is 0.164 e. The molecular weight excluding hydrogens is 292 g/mol. The summed E-state index contributed by atoms with van der Waals surface area (Å²) in [7, 11) is 0. The maximum absolute atomic E-state index is 10.2. The fourth-order valence-corrected chi connectivity index (χ4v) is 3.54. The monoisotopic (exact) mass is 312 g/mol. The average molecular weight is 312 g/mol. The number of phenols is 2. The zero-order valence-corrected chi connectivity index (χ0v) is 12.9. The lowest BCUT2D eigenvalue weighted by atomic mass is 10.0. The van der Waals surface area contributed by atoms with Crippen LogP contribution in [0.5, 0.6) is 23.0 Å². The Morgan fingerprint density at radius 1 is 0.739 bits per heavy atom. The molecule has 2 N–H and O–H groups in total. The Bertz CT molecular complexity index is 664. The van der Waals surface area contributed by atoms with Crippen molar-refractivity contribution in [2.45, 2.75) is 44.3 Å². The van der Waals surface area contributed by atoms with Gasteiger partial charge in [0, 0.05) is 24.0 Å². The molecule has 23 heavy (non-hydrogen) atoms. The fraction of sp³-hybridized carbons (Fsp3) is 0.368. The van der Waals surface area contributed by atoms with Crippen LogP contribution < -0.4 is 9.47 Å². The molecule has 2 aromatic carbocycles. The third-order valence-electron chi connectivity index (χ3n) is 4.67. The summed E-state index contributed by atoms with van der Waals surface area (Å²) in [5, 5.41) is 20.4. The van der Waals surface area contributed by atoms with E-state index in [9.17, 15) is 10.2 Å². The zero-order valence-electron chi connectivity index (χ0n) is 12.9. The Labute approximate surface area is 135 Å². The summed E-state index contributed by atoms with van der Waals surface area (Å²) < 4.78 is 12.4. The van der Waals surface area contributed by atoms with Crippen LogP contribution in [0.1, 0.15) is 30.4 Å². The molecule has 1 unspecified atom stereocenters. The Morgan fingerprint density at radius 2 is 1.22 bits per heavy atom. The van der Waals surface area contributed by atoms with Crippen molar-refractivity contribution < 1.29 is 19.7 Å². The molecule has 4 heteroatoms. The van der Waals surface area contributed by atoms with Gasteiger partial charge in [0.2, 0.25) is 0 Å². The predicted octanol–water partition coefficient (Wildman–Crippen LogP) is 3.58. The van der Waals surface area contributed by atoms with Crippen LogP contribution in [0.15, 0.2) is 36.4 Å². The van der Waals surface area contributed by atoms with Gasteiger partial charge in [0.05, 0.1) is 0 Å². The van der Waals surface area contributed by atoms with Crippen LogP contribution in [-0.4, -0.2) is 22.4 Å². The summed E-state index contributed by atoms with van der Waals surface area (Å²) in [6.07, 6.45) is 4.05. The predicted molar refractivity (Wildman–Crippen MR) is 86.3 cm³/mol. The first-order valence-electron chi connectivity index (χ1n) is 8.16. The van der Waals surface area contributed by atoms with Crippen molar-refractivity contribution >= 4 is 0 Å². The van der Waals surface area contributed by atoms with Gasteiger partial charge in [-0.3, -0.25) is 0 Å². The maximum atomic E-state index is 10.2. The number of phenolic OH excluding ortho intramolecular Hbond substituents is 2. The van der Waals surface area contributed by atoms with Gasteiger partial charge in [0.25, 0.3) is 0 Å². The summed E-state index contributed by atoms with van der Waals surface area (Å²) in [4.78, 5) is 0. The molecule has 2 atom stereocenters. The Balaban J connectivity index is 1.82. The molecule has 0 aromatic heterocycles. The largest absolute Gasteiger partial charge is 0.504 e. The second-order valence-corrected chi connectivity index (χ2v) is 6.35. The van der Waals surface area contributed by atoms with Crippen molar-refractivity contribution in [3.63, 3.8) is 0 Å². The molecule has 4 rings (SSSR count). The Morgan fingerprint density at radius 3 is 1.70 bits per heavy atom. The van der Waals surface area contributed by atoms with Crippen LogP contribution in [0.3, 0.4) is 0 Å². The lowest BCUT2D eigenvalue weighted by Crippen LogP contribution is -2.22. The molecular formula is C19H20O4. The molecule has 0 aliphatic carbocycles. The molecule has 0 amide bonds. The van der Waals surface area contributed by atoms with Crippen LogP contribution in [0, 0.1) is 0 Å². The first-order valence-corrected chi connectivity index (χ1v) is 8.16. The van der Waals surface area contributed by atoms with Gasteiger partial charge in [-0.05, 0) is 31.4 Å². The smallest absolute Gasteiger partial charge is 0.164 e. The van der Waals surface area contributed by atoms with Gasteiger partial charge in [-0.2, -0.15) is 0 Å². The van der Waals surface area contributed by atoms with Gasteiger partial charge < -0.3 is 19.7 Å². The van der Waals surface area contributed by atoms with Gasteiger partial charge in [-0.15, -0.1) is 0 Å². The van der Waals surface area contributed by atoms with E-state index < -0.39 is 0 Å². The van der Waals surface area contributed by atoms with E-state index >= 15 is 0 Å². The molecule has 2 heterocycles. The Hall–Kier alpha value is -2.36. The fourth-order valence-electron chi connectivity index (χ4n) is 3.54. The highest BCUT2D eigenvalue weighted by molar-refractivity contribution is 5.49. The standard InChI is InChI=1S/C19H20O4/c20-16-8-1-4-12-10-14-6-3-7-15(22-18(12)16)11-13-5-2-9-17(21)19(13)23-14/h1-2,4-5,8-9,14-15,20-21H,3,6-7,10-11H2/t14-,15?/m1/s1. The van der Waals surface area contributed by atoms with E-state index in [0.717, 1.165) is 30.4 Å². The number of hydrogen-bond acceptors (Lipinski definition) is 4. The van der Waals surface area contributed by atoms with E-state index in [1.165, 1.54) is 0 Å². The van der Waals surface area contributed by atoms with Crippen molar-refractivity contribution in [3.8, 4) is 23.0 Å². The average Bonchev–Trinajstić information content (AvgIpc) is 2.66. The first-order chi connectivity index (χ1) is 11.2. The molecule has 0 radical (unpaired) electrons. The van der Waals surface area contributed by atoms with Gasteiger partial charge >= 0.3 is 0 Å². The minimum atomic E-state index is -0.0388. The molecule has 4 nitrogen and oxygen atoms in total. The topological polar surface area (TPSA) is 58.9 Å². The van der Waals surface area contributed by atoms with Crippen LogP contribution in [0.4, 0.5) is 0 Å². The molecule has 0 saturated heterocycles. The van der Waals surface area contributed by atoms with Crippen LogP contribution >= 0.6 is 0 Å². The normalized spacial score (nSPS) is 23.0. The molecule has 0 spiro atoms. The molecule has 0 saturated carbocycles. The molecule has 2 bridgehead atoms. The minimum Gasteiger partial charge on any atom is -0.504 e. The summed E-state index contributed by atoms with van der Waals surface area (Å²) in [6, 6.07) is 10.9. The van der Waals surface area contributed by atoms with Gasteiger partial charge in [-0.25, -0.2) is 0 Å². The van der Waals surface area contributed by atoms with Crippen molar-refractivity contribution in [2.24, 2.45) is 0 Å². The number of aromatic hydroxyl groups is 2. The van der Waals surface area contributed by atoms with Gasteiger partial charge in [0.1, 0.15) is 12.2 Å². The van der Waals surface area contributed by atoms with Crippen LogP contribution in [-0.2, 0) is 12.8 Å². The van der Waals surface area contributed by atoms with E-state index in [4.69, 9.17) is 9.47 Å². The number of hydrogen-bond donors (Lipinski definition) is 2. The lowest BCUT2D eigenvalue weighted by Gasteiger charge is -2.25. The van der Waals surface area contributed by atoms with E-state index in [1.54, 1.807) is 12.1 Å². The van der Waals surface area contributed by atoms with Crippen LogP contribution in [0.25, 0.3) is 0 Å². The van der Waals surface area contributed by atoms with E-state index in [0.29, 0.717) is 24.3 Å². The molecule has 2 aromatic rings. The SMILES string of the molecule is Oc1cccc2c1OC1CCC[C@H](C2)Oc2c(O)cccc2C1. The Kier molecular flexibility index (Phi) is 3.52. The van der Waals surface area contributed by atoms with E-state index in [2.05, 4.69) is 0 Å². The van der Waals surface area contributed by atoms with E-state index in [-0.39, 0.29) is 23.7 Å². The highest BCUT2D eigenvalue weighted by Crippen LogP contribution is 2.40. The highest BCUT2D eigenvalue weighted by atomic mass is 16.5. The zero-order chi connectivity index (χ0) is 15.8. The molecule has 120 valence electrons. The number of fused-ring (bicyclic) bond motifs is 6. The van der Waals surface area contributed by atoms with Gasteiger partial charge in [0.15, 0.2) is 23.0 Å². The van der Waals surface area contributed by atoms with Crippen molar-refractivity contribution in [1.29, 1.82) is 0 Å². The third-order valence-corrected chi connectivity index (χ3v) is 4.67. The van der Waals surface area contributed by atoms with Crippen molar-refractivity contribution in [1.82, 2.24) is 0 Å². The number of ether oxygens (including phenoxy) is 2. The summed E-state index contributed by atoms with van der Waals surface area (Å²) in [5.41, 5.74) is 1.92. The third kappa shape index (κ3) is 2.69. The summed E-state index contributed by atoms with van der Waals surface area (Å²) in [5.74, 6) is 1.53. The minimum absolute atomic E-state index is 0.0388. The number of para-hydroxylation sites is 2. The van der Waals surface area contributed by atoms with Crippen molar-refractivity contribution in [2.75, 3.05) is 0 Å². The second-order valence-electron chi connectivity index (χ2n) is 6.35. The summed E-state index contributed by atoms with van der Waals surface area (Å²) in [6.45, 7) is 0. The quantitative estimate of drug-likeness (QED) is 0.780. The van der Waals surface area contributed by atoms with Gasteiger partial charge in [-0.1, -0.05) is 24.3 Å².